The lowest BCUT2D eigenvalue weighted by molar-refractivity contribution is -0.121. The van der Waals surface area contributed by atoms with Gasteiger partial charge in [-0.2, -0.15) is 0 Å². The molecular formula is C28H30N2O4. The second-order valence-electron chi connectivity index (χ2n) is 10.0. The number of hydrogen-bond donors (Lipinski definition) is 2. The molecule has 0 bridgehead atoms. The molecule has 3 heterocycles. The predicted molar refractivity (Wildman–Crippen MR) is 134 cm³/mol. The number of rotatable bonds is 5. The standard InChI is InChI=1S/C28H30N2O4/c1-16(11-19-15-29-23-8-6-5-7-20(19)23)30-26(31)13-22-17(2)21-12-18-9-10-28(3,4)34-24(18)14-25(21)33-27(22)32/h5-8,12,14-16,29H,9-11,13H2,1-4H3,(H,30,31). The zero-order valence-electron chi connectivity index (χ0n) is 20.1. The summed E-state index contributed by atoms with van der Waals surface area (Å²) in [5.74, 6) is 0.577. The Morgan fingerprint density at radius 1 is 1.21 bits per heavy atom. The van der Waals surface area contributed by atoms with Crippen molar-refractivity contribution in [1.29, 1.82) is 0 Å². The van der Waals surface area contributed by atoms with Gasteiger partial charge in [-0.15, -0.1) is 0 Å². The van der Waals surface area contributed by atoms with Crippen molar-refractivity contribution in [2.24, 2.45) is 0 Å². The SMILES string of the molecule is Cc1c(CC(=O)NC(C)Cc2c[nH]c3ccccc23)c(=O)oc2cc3c(cc12)CCC(C)(C)O3. The number of benzene rings is 2. The molecule has 0 saturated heterocycles. The summed E-state index contributed by atoms with van der Waals surface area (Å²) in [6.45, 7) is 7.98. The fourth-order valence-electron chi connectivity index (χ4n) is 4.91. The minimum absolute atomic E-state index is 0.0110. The van der Waals surface area contributed by atoms with Crippen LogP contribution in [0, 0.1) is 6.92 Å². The number of aromatic amines is 1. The highest BCUT2D eigenvalue weighted by Crippen LogP contribution is 2.36. The Balaban J connectivity index is 1.34. The molecule has 4 aromatic rings. The van der Waals surface area contributed by atoms with Crippen LogP contribution in [0.2, 0.25) is 0 Å². The first-order valence-electron chi connectivity index (χ1n) is 11.8. The number of H-pyrrole nitrogens is 1. The van der Waals surface area contributed by atoms with Gasteiger partial charge in [0.2, 0.25) is 5.91 Å². The van der Waals surface area contributed by atoms with Crippen LogP contribution in [0.25, 0.3) is 21.9 Å². The van der Waals surface area contributed by atoms with Gasteiger partial charge in [0.15, 0.2) is 0 Å². The van der Waals surface area contributed by atoms with Gasteiger partial charge in [0.25, 0.3) is 0 Å². The molecule has 5 rings (SSSR count). The largest absolute Gasteiger partial charge is 0.487 e. The summed E-state index contributed by atoms with van der Waals surface area (Å²) in [6.07, 6.45) is 4.50. The minimum Gasteiger partial charge on any atom is -0.487 e. The first kappa shape index (κ1) is 22.3. The Labute approximate surface area is 198 Å². The number of para-hydroxylation sites is 1. The number of amides is 1. The van der Waals surface area contributed by atoms with E-state index in [1.807, 2.05) is 50.4 Å². The maximum Gasteiger partial charge on any atom is 0.340 e. The highest BCUT2D eigenvalue weighted by atomic mass is 16.5. The third kappa shape index (κ3) is 4.20. The van der Waals surface area contributed by atoms with Crippen molar-refractivity contribution >= 4 is 27.8 Å². The van der Waals surface area contributed by atoms with Crippen LogP contribution in [0.15, 0.2) is 51.8 Å². The van der Waals surface area contributed by atoms with Crippen LogP contribution in [0.4, 0.5) is 0 Å². The first-order chi connectivity index (χ1) is 16.2. The van der Waals surface area contributed by atoms with Crippen molar-refractivity contribution in [3.63, 3.8) is 0 Å². The molecule has 1 aliphatic rings. The van der Waals surface area contributed by atoms with Gasteiger partial charge in [-0.05, 0) is 75.8 Å². The summed E-state index contributed by atoms with van der Waals surface area (Å²) in [5, 5.41) is 5.05. The lowest BCUT2D eigenvalue weighted by Gasteiger charge is -2.32. The van der Waals surface area contributed by atoms with Crippen LogP contribution >= 0.6 is 0 Å². The number of fused-ring (bicyclic) bond motifs is 3. The van der Waals surface area contributed by atoms with Crippen molar-refractivity contribution < 1.29 is 13.9 Å². The predicted octanol–water partition coefficient (Wildman–Crippen LogP) is 4.98. The minimum atomic E-state index is -0.473. The maximum atomic E-state index is 12.8. The molecule has 6 heteroatoms. The fraction of sp³-hybridized carbons (Fsp3) is 0.357. The smallest absolute Gasteiger partial charge is 0.340 e. The van der Waals surface area contributed by atoms with Gasteiger partial charge in [0.1, 0.15) is 16.9 Å². The van der Waals surface area contributed by atoms with Crippen molar-refractivity contribution in [3.05, 3.63) is 75.3 Å². The third-order valence-electron chi connectivity index (χ3n) is 6.80. The fourth-order valence-corrected chi connectivity index (χ4v) is 4.91. The van der Waals surface area contributed by atoms with E-state index in [9.17, 15) is 9.59 Å². The van der Waals surface area contributed by atoms with Gasteiger partial charge >= 0.3 is 5.63 Å². The van der Waals surface area contributed by atoms with Crippen molar-refractivity contribution in [3.8, 4) is 5.75 Å². The van der Waals surface area contributed by atoms with E-state index >= 15 is 0 Å². The Morgan fingerprint density at radius 2 is 2.00 bits per heavy atom. The summed E-state index contributed by atoms with van der Waals surface area (Å²) >= 11 is 0. The molecule has 0 radical (unpaired) electrons. The summed E-state index contributed by atoms with van der Waals surface area (Å²) in [7, 11) is 0. The van der Waals surface area contributed by atoms with Crippen LogP contribution in [0.1, 0.15) is 49.4 Å². The molecule has 1 atom stereocenters. The van der Waals surface area contributed by atoms with Gasteiger partial charge in [0.05, 0.1) is 12.0 Å². The third-order valence-corrected chi connectivity index (χ3v) is 6.80. The topological polar surface area (TPSA) is 84.3 Å². The second kappa shape index (κ2) is 8.35. The maximum absolute atomic E-state index is 12.8. The van der Waals surface area contributed by atoms with E-state index in [2.05, 4.69) is 30.2 Å². The molecule has 34 heavy (non-hydrogen) atoms. The number of aryl methyl sites for hydroxylation is 2. The van der Waals surface area contributed by atoms with Crippen LogP contribution in [-0.2, 0) is 24.1 Å². The molecule has 0 saturated carbocycles. The normalized spacial score (nSPS) is 15.6. The number of aromatic nitrogens is 1. The van der Waals surface area contributed by atoms with E-state index in [-0.39, 0.29) is 24.0 Å². The van der Waals surface area contributed by atoms with Crippen LogP contribution < -0.4 is 15.7 Å². The Morgan fingerprint density at radius 3 is 2.82 bits per heavy atom. The van der Waals surface area contributed by atoms with E-state index in [4.69, 9.17) is 9.15 Å². The number of nitrogens with one attached hydrogen (secondary N) is 2. The molecule has 2 N–H and O–H groups in total. The van der Waals surface area contributed by atoms with Gasteiger partial charge in [0, 0.05) is 34.6 Å². The first-order valence-corrected chi connectivity index (χ1v) is 11.8. The van der Waals surface area contributed by atoms with Crippen LogP contribution in [-0.4, -0.2) is 22.5 Å². The van der Waals surface area contributed by atoms with Gasteiger partial charge in [-0.1, -0.05) is 18.2 Å². The van der Waals surface area contributed by atoms with Crippen molar-refractivity contribution in [2.45, 2.75) is 65.0 Å². The molecule has 2 aromatic carbocycles. The molecule has 0 spiro atoms. The Kier molecular flexibility index (Phi) is 5.47. The molecule has 0 aliphatic carbocycles. The molecule has 176 valence electrons. The van der Waals surface area contributed by atoms with E-state index < -0.39 is 5.63 Å². The highest BCUT2D eigenvalue weighted by molar-refractivity contribution is 5.86. The lowest BCUT2D eigenvalue weighted by atomic mass is 9.92. The van der Waals surface area contributed by atoms with Gasteiger partial charge in [-0.3, -0.25) is 4.79 Å². The number of hydrogen-bond acceptors (Lipinski definition) is 4. The Bertz CT molecular complexity index is 1460. The summed E-state index contributed by atoms with van der Waals surface area (Å²) in [6, 6.07) is 11.9. The highest BCUT2D eigenvalue weighted by Gasteiger charge is 2.28. The number of carbonyl (C=O) groups is 1. The van der Waals surface area contributed by atoms with Crippen molar-refractivity contribution in [1.82, 2.24) is 10.3 Å². The van der Waals surface area contributed by atoms with Crippen LogP contribution in [0.3, 0.4) is 0 Å². The summed E-state index contributed by atoms with van der Waals surface area (Å²) < 4.78 is 11.7. The molecular weight excluding hydrogens is 428 g/mol. The van der Waals surface area contributed by atoms with E-state index in [0.29, 0.717) is 17.6 Å². The zero-order valence-corrected chi connectivity index (χ0v) is 20.1. The quantitative estimate of drug-likeness (QED) is 0.413. The molecule has 6 nitrogen and oxygen atoms in total. The molecule has 2 aromatic heterocycles. The summed E-state index contributed by atoms with van der Waals surface area (Å²) in [4.78, 5) is 28.9. The Hall–Kier alpha value is -3.54. The molecule has 0 fully saturated rings. The monoisotopic (exact) mass is 458 g/mol. The van der Waals surface area contributed by atoms with E-state index in [0.717, 1.165) is 51.6 Å². The average molecular weight is 459 g/mol. The van der Waals surface area contributed by atoms with E-state index in [1.54, 1.807) is 0 Å². The van der Waals surface area contributed by atoms with Crippen molar-refractivity contribution in [2.75, 3.05) is 0 Å². The number of carbonyl (C=O) groups excluding carboxylic acids is 1. The zero-order chi connectivity index (χ0) is 24.0. The van der Waals surface area contributed by atoms with Gasteiger partial charge < -0.3 is 19.5 Å². The average Bonchev–Trinajstić information content (AvgIpc) is 3.18. The lowest BCUT2D eigenvalue weighted by Crippen LogP contribution is -2.36. The van der Waals surface area contributed by atoms with Crippen LogP contribution in [0.5, 0.6) is 5.75 Å². The molecule has 1 aliphatic heterocycles. The van der Waals surface area contributed by atoms with Gasteiger partial charge in [-0.25, -0.2) is 4.79 Å². The molecule has 1 amide bonds. The van der Waals surface area contributed by atoms with E-state index in [1.165, 1.54) is 0 Å². The summed E-state index contributed by atoms with van der Waals surface area (Å²) in [5.41, 5.74) is 4.31. The number of ether oxygens (including phenoxy) is 1. The second-order valence-corrected chi connectivity index (χ2v) is 10.0. The molecule has 1 unspecified atom stereocenters.